The highest BCUT2D eigenvalue weighted by atomic mass is 19.1. The van der Waals surface area contributed by atoms with Crippen LogP contribution in [0, 0.1) is 5.82 Å². The molecule has 3 aromatic carbocycles. The van der Waals surface area contributed by atoms with E-state index >= 15 is 4.39 Å². The number of rotatable bonds is 7. The first-order valence-electron chi connectivity index (χ1n) is 15.5. The van der Waals surface area contributed by atoms with Crippen molar-refractivity contribution in [3.8, 4) is 28.2 Å². The van der Waals surface area contributed by atoms with Crippen LogP contribution in [0.25, 0.3) is 50.0 Å². The predicted octanol–water partition coefficient (Wildman–Crippen LogP) is 6.28. The molecule has 0 amide bonds. The van der Waals surface area contributed by atoms with E-state index in [2.05, 4.69) is 44.1 Å². The summed E-state index contributed by atoms with van der Waals surface area (Å²) in [5, 5.41) is 12.0. The van der Waals surface area contributed by atoms with Gasteiger partial charge in [-0.15, -0.1) is 0 Å². The van der Waals surface area contributed by atoms with Gasteiger partial charge in [0.05, 0.1) is 23.4 Å². The van der Waals surface area contributed by atoms with Crippen molar-refractivity contribution >= 4 is 27.8 Å². The standard InChI is InChI=1S/C36H33FN6O2/c37-29-17-25(22-10-11-22)16-24-12-15-43(35(45)32(24)29)31-5-3-4-26(28(31)20-44)33-27-18-30(39-34(27)41-36(38)40-33)23-8-6-21(7-9-23)19-42-13-1-2-14-42/h3-9,12,15-18,22,44H,1-2,10-11,13-14,19-20H2,(H3,38,39,40,41). The highest BCUT2D eigenvalue weighted by Crippen LogP contribution is 2.41. The van der Waals surface area contributed by atoms with Gasteiger partial charge in [-0.1, -0.05) is 42.5 Å². The molecular formula is C36H33FN6O2. The number of aliphatic hydroxyl groups is 1. The number of nitrogens with two attached hydrogens (primary N) is 1. The molecule has 2 aliphatic rings. The van der Waals surface area contributed by atoms with Gasteiger partial charge in [-0.2, -0.15) is 4.98 Å². The van der Waals surface area contributed by atoms with Crippen LogP contribution in [-0.2, 0) is 13.2 Å². The number of aromatic nitrogens is 4. The molecule has 1 aliphatic carbocycles. The fourth-order valence-corrected chi connectivity index (χ4v) is 6.76. The minimum Gasteiger partial charge on any atom is -0.392 e. The van der Waals surface area contributed by atoms with Gasteiger partial charge in [0, 0.05) is 34.9 Å². The zero-order valence-electron chi connectivity index (χ0n) is 24.8. The third-order valence-corrected chi connectivity index (χ3v) is 9.23. The van der Waals surface area contributed by atoms with Gasteiger partial charge in [-0.3, -0.25) is 14.3 Å². The quantitative estimate of drug-likeness (QED) is 0.199. The number of benzene rings is 3. The fourth-order valence-electron chi connectivity index (χ4n) is 6.76. The van der Waals surface area contributed by atoms with Gasteiger partial charge in [0.2, 0.25) is 5.95 Å². The Morgan fingerprint density at radius 3 is 2.56 bits per heavy atom. The Balaban J connectivity index is 1.20. The molecule has 0 bridgehead atoms. The molecule has 1 saturated heterocycles. The number of anilines is 1. The summed E-state index contributed by atoms with van der Waals surface area (Å²) in [7, 11) is 0. The monoisotopic (exact) mass is 600 g/mol. The predicted molar refractivity (Wildman–Crippen MR) is 175 cm³/mol. The first-order valence-corrected chi connectivity index (χ1v) is 15.5. The van der Waals surface area contributed by atoms with Crippen LogP contribution in [0.3, 0.4) is 0 Å². The number of fused-ring (bicyclic) bond motifs is 2. The number of nitrogens with zero attached hydrogens (tertiary/aromatic N) is 4. The summed E-state index contributed by atoms with van der Waals surface area (Å²) in [5.74, 6) is -0.0727. The molecule has 4 N–H and O–H groups in total. The van der Waals surface area contributed by atoms with E-state index in [0.717, 1.165) is 54.7 Å². The molecular weight excluding hydrogens is 567 g/mol. The van der Waals surface area contributed by atoms with E-state index in [1.807, 2.05) is 18.2 Å². The molecule has 0 radical (unpaired) electrons. The number of hydrogen-bond acceptors (Lipinski definition) is 6. The molecule has 8 nitrogen and oxygen atoms in total. The Morgan fingerprint density at radius 1 is 1.00 bits per heavy atom. The smallest absolute Gasteiger partial charge is 0.265 e. The number of nitrogens with one attached hydrogen (secondary N) is 1. The number of H-pyrrole nitrogens is 1. The van der Waals surface area contributed by atoms with Crippen molar-refractivity contribution in [3.63, 3.8) is 0 Å². The second-order valence-electron chi connectivity index (χ2n) is 12.2. The second kappa shape index (κ2) is 10.9. The van der Waals surface area contributed by atoms with Gasteiger partial charge in [-0.05, 0) is 91.0 Å². The molecule has 0 atom stereocenters. The zero-order valence-corrected chi connectivity index (χ0v) is 24.8. The Morgan fingerprint density at radius 2 is 1.80 bits per heavy atom. The average molecular weight is 601 g/mol. The summed E-state index contributed by atoms with van der Waals surface area (Å²) in [6.45, 7) is 2.88. The van der Waals surface area contributed by atoms with Crippen LogP contribution in [-0.4, -0.2) is 42.6 Å². The van der Waals surface area contributed by atoms with Gasteiger partial charge in [0.25, 0.3) is 5.56 Å². The van der Waals surface area contributed by atoms with Crippen LogP contribution in [0.4, 0.5) is 10.3 Å². The summed E-state index contributed by atoms with van der Waals surface area (Å²) in [6.07, 6.45) is 6.26. The number of likely N-dealkylation sites (tertiary alicyclic amines) is 1. The highest BCUT2D eigenvalue weighted by Gasteiger charge is 2.26. The van der Waals surface area contributed by atoms with Crippen molar-refractivity contribution in [2.24, 2.45) is 0 Å². The third-order valence-electron chi connectivity index (χ3n) is 9.23. The molecule has 226 valence electrons. The maximum atomic E-state index is 15.3. The van der Waals surface area contributed by atoms with Gasteiger partial charge >= 0.3 is 0 Å². The largest absolute Gasteiger partial charge is 0.392 e. The number of hydrogen-bond donors (Lipinski definition) is 3. The number of pyridine rings is 1. The molecule has 8 rings (SSSR count). The van der Waals surface area contributed by atoms with Crippen molar-refractivity contribution in [3.05, 3.63) is 106 Å². The molecule has 3 aromatic heterocycles. The van der Waals surface area contributed by atoms with Crippen molar-refractivity contribution in [2.75, 3.05) is 18.8 Å². The van der Waals surface area contributed by atoms with Crippen LogP contribution in [0.5, 0.6) is 0 Å². The average Bonchev–Trinajstić information content (AvgIpc) is 3.61. The van der Waals surface area contributed by atoms with Gasteiger partial charge < -0.3 is 15.8 Å². The molecule has 6 aromatic rings. The lowest BCUT2D eigenvalue weighted by Gasteiger charge is -2.16. The summed E-state index contributed by atoms with van der Waals surface area (Å²) in [5.41, 5.74) is 12.4. The third kappa shape index (κ3) is 4.98. The SMILES string of the molecule is Nc1nc(-c2cccc(-n3ccc4cc(C5CC5)cc(F)c4c3=O)c2CO)c2cc(-c3ccc(CN4CCCC4)cc3)[nH]c2n1. The zero-order chi connectivity index (χ0) is 30.7. The minimum absolute atomic E-state index is 0.0339. The number of halogens is 1. The Hall–Kier alpha value is -4.86. The number of nitrogen functional groups attached to an aromatic ring is 1. The summed E-state index contributed by atoms with van der Waals surface area (Å²) in [4.78, 5) is 28.6. The number of aliphatic hydroxyl groups excluding tert-OH is 1. The maximum absolute atomic E-state index is 15.3. The van der Waals surface area contributed by atoms with E-state index < -0.39 is 11.4 Å². The van der Waals surface area contributed by atoms with Gasteiger partial charge in [0.15, 0.2) is 0 Å². The molecule has 4 heterocycles. The molecule has 1 saturated carbocycles. The van der Waals surface area contributed by atoms with Crippen LogP contribution < -0.4 is 11.3 Å². The molecule has 1 aliphatic heterocycles. The summed E-state index contributed by atoms with van der Waals surface area (Å²) < 4.78 is 16.7. The van der Waals surface area contributed by atoms with Crippen molar-refractivity contribution in [2.45, 2.75) is 44.8 Å². The van der Waals surface area contributed by atoms with E-state index in [9.17, 15) is 9.90 Å². The van der Waals surface area contributed by atoms with E-state index in [-0.39, 0.29) is 17.9 Å². The van der Waals surface area contributed by atoms with Crippen molar-refractivity contribution < 1.29 is 9.50 Å². The topological polar surface area (TPSA) is 113 Å². The van der Waals surface area contributed by atoms with Crippen molar-refractivity contribution in [1.29, 1.82) is 0 Å². The maximum Gasteiger partial charge on any atom is 0.265 e. The van der Waals surface area contributed by atoms with E-state index in [4.69, 9.17) is 5.73 Å². The lowest BCUT2D eigenvalue weighted by Crippen LogP contribution is -2.20. The van der Waals surface area contributed by atoms with Crippen LogP contribution >= 0.6 is 0 Å². The normalized spacial score (nSPS) is 15.4. The number of aromatic amines is 1. The van der Waals surface area contributed by atoms with E-state index in [1.165, 1.54) is 29.0 Å². The molecule has 0 unspecified atom stereocenters. The van der Waals surface area contributed by atoms with Gasteiger partial charge in [-0.25, -0.2) is 9.37 Å². The Bertz CT molecular complexity index is 2140. The molecule has 0 spiro atoms. The van der Waals surface area contributed by atoms with Crippen LogP contribution in [0.15, 0.2) is 77.7 Å². The van der Waals surface area contributed by atoms with Crippen molar-refractivity contribution in [1.82, 2.24) is 24.4 Å². The second-order valence-corrected chi connectivity index (χ2v) is 12.2. The fraction of sp³-hybridized carbons (Fsp3) is 0.250. The van der Waals surface area contributed by atoms with E-state index in [1.54, 1.807) is 24.4 Å². The highest BCUT2D eigenvalue weighted by molar-refractivity contribution is 5.96. The van der Waals surface area contributed by atoms with Gasteiger partial charge in [0.1, 0.15) is 11.5 Å². The Kier molecular flexibility index (Phi) is 6.73. The Labute approximate surface area is 259 Å². The lowest BCUT2D eigenvalue weighted by molar-refractivity contribution is 0.282. The molecule has 45 heavy (non-hydrogen) atoms. The molecule has 2 fully saturated rings. The first kappa shape index (κ1) is 27.7. The van der Waals surface area contributed by atoms with Crippen LogP contribution in [0.2, 0.25) is 0 Å². The van der Waals surface area contributed by atoms with Crippen LogP contribution in [0.1, 0.15) is 48.3 Å². The summed E-state index contributed by atoms with van der Waals surface area (Å²) in [6, 6.07) is 21.0. The summed E-state index contributed by atoms with van der Waals surface area (Å²) >= 11 is 0. The molecule has 9 heteroatoms. The minimum atomic E-state index is -0.523. The van der Waals surface area contributed by atoms with E-state index in [0.29, 0.717) is 39.5 Å². The first-order chi connectivity index (χ1) is 22.0. The lowest BCUT2D eigenvalue weighted by atomic mass is 9.99.